The van der Waals surface area contributed by atoms with Gasteiger partial charge in [0.2, 0.25) is 0 Å². The molecule has 0 aromatic heterocycles. The molecule has 0 atom stereocenters. The van der Waals surface area contributed by atoms with Crippen molar-refractivity contribution in [2.45, 2.75) is 13.8 Å². The van der Waals surface area contributed by atoms with Crippen LogP contribution < -0.4 is 0 Å². The Morgan fingerprint density at radius 2 is 1.25 bits per heavy atom. The van der Waals surface area contributed by atoms with Crippen LogP contribution in [0.4, 0.5) is 0 Å². The molecule has 0 aromatic carbocycles. The van der Waals surface area contributed by atoms with Gasteiger partial charge in [-0.25, -0.2) is 0 Å². The fourth-order valence-electron chi connectivity index (χ4n) is 0. The number of hydrogen-bond donors (Lipinski definition) is 0. The molecule has 0 unspecified atom stereocenters. The van der Waals surface area contributed by atoms with Crippen LogP contribution in [-0.4, -0.2) is 0 Å². The second-order valence-corrected chi connectivity index (χ2v) is 0.577. The number of rotatable bonds is 0. The molecule has 0 heterocycles. The standard InChI is InChI=1S/C3H7.Cd/c1-3-2;/h3H,1-2H3;/q-1;+2. The molecule has 0 saturated heterocycles. The monoisotopic (exact) mass is 157 g/mol. The van der Waals surface area contributed by atoms with Crippen molar-refractivity contribution in [2.75, 3.05) is 0 Å². The first-order valence-electron chi connectivity index (χ1n) is 1.15. The molecule has 0 aliphatic heterocycles. The van der Waals surface area contributed by atoms with Gasteiger partial charge in [0.15, 0.2) is 0 Å². The summed E-state index contributed by atoms with van der Waals surface area (Å²) in [5.41, 5.74) is 0. The summed E-state index contributed by atoms with van der Waals surface area (Å²) in [4.78, 5) is 0. The van der Waals surface area contributed by atoms with Crippen molar-refractivity contribution in [3.63, 3.8) is 0 Å². The van der Waals surface area contributed by atoms with Crippen molar-refractivity contribution in [3.05, 3.63) is 6.42 Å². The van der Waals surface area contributed by atoms with Gasteiger partial charge in [0.1, 0.15) is 0 Å². The van der Waals surface area contributed by atoms with Gasteiger partial charge in [0, 0.05) is 0 Å². The number of hydrogen-bond acceptors (Lipinski definition) is 0. The molecule has 0 aromatic rings. The minimum atomic E-state index is 0. The van der Waals surface area contributed by atoms with Crippen molar-refractivity contribution in [1.82, 2.24) is 0 Å². The minimum absolute atomic E-state index is 0. The Morgan fingerprint density at radius 3 is 1.25 bits per heavy atom. The summed E-state index contributed by atoms with van der Waals surface area (Å²) in [6.07, 6.45) is 2.00. The van der Waals surface area contributed by atoms with Crippen LogP contribution in [0.15, 0.2) is 0 Å². The first-order chi connectivity index (χ1) is 1.41. The molecule has 4 heavy (non-hydrogen) atoms. The third kappa shape index (κ3) is 12.7. The predicted octanol–water partition coefficient (Wildman–Crippen LogP) is 1.23. The molecule has 20 valence electrons. The topological polar surface area (TPSA) is 0 Å². The molecule has 0 aliphatic rings. The molecule has 0 aliphatic carbocycles. The minimum Gasteiger partial charge on any atom is -0.335 e. The zero-order valence-electron chi connectivity index (χ0n) is 3.28. The SMILES string of the molecule is C[CH-]C.[Cd+2]. The van der Waals surface area contributed by atoms with Gasteiger partial charge in [-0.3, -0.25) is 0 Å². The average Bonchev–Trinajstić information content (AvgIpc) is 0.918. The molecule has 0 N–H and O–H groups in total. The largest absolute Gasteiger partial charge is 2.00 e. The van der Waals surface area contributed by atoms with E-state index in [1.165, 1.54) is 0 Å². The molecule has 0 bridgehead atoms. The third-order valence-corrected chi connectivity index (χ3v) is 0. The summed E-state index contributed by atoms with van der Waals surface area (Å²) in [6.45, 7) is 4.00. The Kier molecular flexibility index (Phi) is 20.1. The Bertz CT molecular complexity index is 3.25. The molecular weight excluding hydrogens is 148 g/mol. The maximum atomic E-state index is 2.00. The summed E-state index contributed by atoms with van der Waals surface area (Å²) in [7, 11) is 0. The van der Waals surface area contributed by atoms with E-state index in [1.807, 2.05) is 20.3 Å². The van der Waals surface area contributed by atoms with Crippen LogP contribution in [0, 0.1) is 6.42 Å². The second-order valence-electron chi connectivity index (χ2n) is 0.577. The van der Waals surface area contributed by atoms with Crippen molar-refractivity contribution in [1.29, 1.82) is 0 Å². The van der Waals surface area contributed by atoms with Crippen LogP contribution in [-0.2, 0) is 27.3 Å². The van der Waals surface area contributed by atoms with Gasteiger partial charge in [-0.15, -0.1) is 0 Å². The average molecular weight is 156 g/mol. The van der Waals surface area contributed by atoms with E-state index in [-0.39, 0.29) is 27.3 Å². The van der Waals surface area contributed by atoms with E-state index in [1.54, 1.807) is 0 Å². The van der Waals surface area contributed by atoms with E-state index in [2.05, 4.69) is 0 Å². The summed E-state index contributed by atoms with van der Waals surface area (Å²) < 4.78 is 0. The zero-order chi connectivity index (χ0) is 2.71. The molecule has 0 spiro atoms. The zero-order valence-corrected chi connectivity index (χ0v) is 7.32. The van der Waals surface area contributed by atoms with E-state index in [4.69, 9.17) is 0 Å². The molecule has 0 nitrogen and oxygen atoms in total. The third-order valence-electron chi connectivity index (χ3n) is 0. The van der Waals surface area contributed by atoms with Crippen LogP contribution in [0.3, 0.4) is 0 Å². The Morgan fingerprint density at radius 1 is 1.25 bits per heavy atom. The Balaban J connectivity index is 0. The van der Waals surface area contributed by atoms with E-state index in [0.717, 1.165) is 0 Å². The fraction of sp³-hybridized carbons (Fsp3) is 0.667. The van der Waals surface area contributed by atoms with E-state index >= 15 is 0 Å². The van der Waals surface area contributed by atoms with Gasteiger partial charge in [-0.05, 0) is 0 Å². The second kappa shape index (κ2) is 9.06. The summed E-state index contributed by atoms with van der Waals surface area (Å²) in [5, 5.41) is 0. The smallest absolute Gasteiger partial charge is 0.335 e. The molecular formula is C3H7Cd+. The first kappa shape index (κ1) is 8.87. The predicted molar refractivity (Wildman–Crippen MR) is 15.6 cm³/mol. The van der Waals surface area contributed by atoms with E-state index in [0.29, 0.717) is 0 Å². The molecule has 0 amide bonds. The van der Waals surface area contributed by atoms with Gasteiger partial charge >= 0.3 is 27.3 Å². The fourth-order valence-corrected chi connectivity index (χ4v) is 0. The van der Waals surface area contributed by atoms with Gasteiger partial charge in [0.25, 0.3) is 0 Å². The molecule has 0 rings (SSSR count). The molecule has 0 saturated carbocycles. The van der Waals surface area contributed by atoms with E-state index in [9.17, 15) is 0 Å². The first-order valence-corrected chi connectivity index (χ1v) is 1.15. The van der Waals surface area contributed by atoms with Crippen molar-refractivity contribution in [2.24, 2.45) is 0 Å². The van der Waals surface area contributed by atoms with Crippen LogP contribution in [0.5, 0.6) is 0 Å². The Labute approximate surface area is 47.8 Å². The Hall–Kier alpha value is 0.922. The van der Waals surface area contributed by atoms with Gasteiger partial charge < -0.3 is 6.42 Å². The van der Waals surface area contributed by atoms with Crippen molar-refractivity contribution < 1.29 is 27.3 Å². The maximum Gasteiger partial charge on any atom is 2.00 e. The molecule has 1 heteroatoms. The van der Waals surface area contributed by atoms with Crippen LogP contribution >= 0.6 is 0 Å². The van der Waals surface area contributed by atoms with Gasteiger partial charge in [0.05, 0.1) is 0 Å². The summed E-state index contributed by atoms with van der Waals surface area (Å²) in [6, 6.07) is 0. The quantitative estimate of drug-likeness (QED) is 0.365. The van der Waals surface area contributed by atoms with Gasteiger partial charge in [-0.1, -0.05) is 0 Å². The van der Waals surface area contributed by atoms with Crippen molar-refractivity contribution >= 4 is 0 Å². The van der Waals surface area contributed by atoms with Crippen LogP contribution in [0.25, 0.3) is 0 Å². The van der Waals surface area contributed by atoms with Crippen molar-refractivity contribution in [3.8, 4) is 0 Å². The van der Waals surface area contributed by atoms with Gasteiger partial charge in [-0.2, -0.15) is 13.8 Å². The van der Waals surface area contributed by atoms with E-state index < -0.39 is 0 Å². The summed E-state index contributed by atoms with van der Waals surface area (Å²) in [5.74, 6) is 0. The molecule has 0 radical (unpaired) electrons. The summed E-state index contributed by atoms with van der Waals surface area (Å²) >= 11 is 0. The van der Waals surface area contributed by atoms with Crippen LogP contribution in [0.1, 0.15) is 13.8 Å². The normalized spacial score (nSPS) is 4.50. The molecule has 0 fully saturated rings. The maximum absolute atomic E-state index is 2.00. The van der Waals surface area contributed by atoms with Crippen LogP contribution in [0.2, 0.25) is 0 Å².